The molecule has 24 heavy (non-hydrogen) atoms. The molecule has 0 atom stereocenters. The Morgan fingerprint density at radius 1 is 1.25 bits per heavy atom. The van der Waals surface area contributed by atoms with Gasteiger partial charge in [-0.1, -0.05) is 23.4 Å². The first-order chi connectivity index (χ1) is 11.7. The van der Waals surface area contributed by atoms with Crippen LogP contribution in [0.25, 0.3) is 0 Å². The number of aryl methyl sites for hydroxylation is 1. The molecule has 0 spiro atoms. The minimum atomic E-state index is 0.149. The summed E-state index contributed by atoms with van der Waals surface area (Å²) >= 11 is 0. The van der Waals surface area contributed by atoms with E-state index in [1.165, 1.54) is 0 Å². The summed E-state index contributed by atoms with van der Waals surface area (Å²) in [5.74, 6) is 1.75. The van der Waals surface area contributed by atoms with Crippen LogP contribution in [-0.4, -0.2) is 54.2 Å². The number of nitrogens with zero attached hydrogens (tertiary/aromatic N) is 3. The van der Waals surface area contributed by atoms with Gasteiger partial charge in [-0.2, -0.15) is 0 Å². The molecule has 0 bridgehead atoms. The normalized spacial score (nSPS) is 15.5. The highest BCUT2D eigenvalue weighted by molar-refractivity contribution is 5.79. The molecule has 1 aliphatic heterocycles. The monoisotopic (exact) mass is 329 g/mol. The van der Waals surface area contributed by atoms with E-state index in [4.69, 9.17) is 9.26 Å². The van der Waals surface area contributed by atoms with Crippen molar-refractivity contribution >= 4 is 5.91 Å². The Hall–Kier alpha value is -2.34. The van der Waals surface area contributed by atoms with Crippen LogP contribution < -0.4 is 4.74 Å². The highest BCUT2D eigenvalue weighted by atomic mass is 16.5. The Bertz CT molecular complexity index is 690. The summed E-state index contributed by atoms with van der Waals surface area (Å²) in [6.07, 6.45) is 0.381. The number of hydrogen-bond acceptors (Lipinski definition) is 5. The minimum Gasteiger partial charge on any atom is -0.496 e. The summed E-state index contributed by atoms with van der Waals surface area (Å²) < 4.78 is 10.4. The number of benzene rings is 1. The van der Waals surface area contributed by atoms with Crippen LogP contribution in [-0.2, 0) is 17.8 Å². The Labute approximate surface area is 142 Å². The molecule has 1 aromatic carbocycles. The van der Waals surface area contributed by atoms with Crippen molar-refractivity contribution in [3.05, 3.63) is 47.3 Å². The Morgan fingerprint density at radius 2 is 2.00 bits per heavy atom. The van der Waals surface area contributed by atoms with Gasteiger partial charge >= 0.3 is 0 Å². The molecule has 0 radical (unpaired) electrons. The highest BCUT2D eigenvalue weighted by Gasteiger charge is 2.22. The third kappa shape index (κ3) is 3.94. The maximum Gasteiger partial charge on any atom is 0.227 e. The first kappa shape index (κ1) is 16.5. The van der Waals surface area contributed by atoms with Gasteiger partial charge in [-0.05, 0) is 13.0 Å². The molecule has 2 aromatic rings. The van der Waals surface area contributed by atoms with Crippen molar-refractivity contribution in [1.29, 1.82) is 0 Å². The van der Waals surface area contributed by atoms with Gasteiger partial charge in [0, 0.05) is 44.4 Å². The lowest BCUT2D eigenvalue weighted by atomic mass is 10.1. The van der Waals surface area contributed by atoms with Crippen LogP contribution >= 0.6 is 0 Å². The van der Waals surface area contributed by atoms with Crippen molar-refractivity contribution in [2.45, 2.75) is 19.9 Å². The molecule has 1 amide bonds. The number of aromatic nitrogens is 1. The average molecular weight is 329 g/mol. The molecule has 0 unspecified atom stereocenters. The standard InChI is InChI=1S/C18H23N3O3/c1-14-11-16(19-24-14)13-20-7-9-21(10-8-20)18(22)12-15-5-3-4-6-17(15)23-2/h3-6,11H,7-10,12-13H2,1-2H3. The van der Waals surface area contributed by atoms with Crippen molar-refractivity contribution in [3.63, 3.8) is 0 Å². The number of carbonyl (C=O) groups excluding carboxylic acids is 1. The number of hydrogen-bond donors (Lipinski definition) is 0. The van der Waals surface area contributed by atoms with Crippen LogP contribution in [0.3, 0.4) is 0 Å². The van der Waals surface area contributed by atoms with Crippen LogP contribution in [0.5, 0.6) is 5.75 Å². The maximum absolute atomic E-state index is 12.5. The summed E-state index contributed by atoms with van der Waals surface area (Å²) in [6.45, 7) is 5.85. The van der Waals surface area contributed by atoms with Gasteiger partial charge in [0.1, 0.15) is 11.5 Å². The average Bonchev–Trinajstić information content (AvgIpc) is 3.01. The molecule has 1 aliphatic rings. The number of ether oxygens (including phenoxy) is 1. The number of rotatable bonds is 5. The molecule has 6 nitrogen and oxygen atoms in total. The topological polar surface area (TPSA) is 58.8 Å². The smallest absolute Gasteiger partial charge is 0.227 e. The predicted octanol–water partition coefficient (Wildman–Crippen LogP) is 1.88. The molecule has 0 aliphatic carbocycles. The van der Waals surface area contributed by atoms with Gasteiger partial charge in [-0.15, -0.1) is 0 Å². The van der Waals surface area contributed by atoms with Crippen LogP contribution in [0.4, 0.5) is 0 Å². The van der Waals surface area contributed by atoms with Crippen LogP contribution in [0, 0.1) is 6.92 Å². The van der Waals surface area contributed by atoms with E-state index in [2.05, 4.69) is 10.1 Å². The minimum absolute atomic E-state index is 0.149. The molecule has 1 saturated heterocycles. The van der Waals surface area contributed by atoms with Crippen LogP contribution in [0.15, 0.2) is 34.9 Å². The third-order valence-electron chi connectivity index (χ3n) is 4.32. The molecule has 2 heterocycles. The molecule has 6 heteroatoms. The lowest BCUT2D eigenvalue weighted by molar-refractivity contribution is -0.132. The summed E-state index contributed by atoms with van der Waals surface area (Å²) in [7, 11) is 1.63. The van der Waals surface area contributed by atoms with E-state index >= 15 is 0 Å². The van der Waals surface area contributed by atoms with Crippen LogP contribution in [0.1, 0.15) is 17.0 Å². The zero-order valence-electron chi connectivity index (χ0n) is 14.2. The zero-order valence-corrected chi connectivity index (χ0v) is 14.2. The zero-order chi connectivity index (χ0) is 16.9. The molecular formula is C18H23N3O3. The summed E-state index contributed by atoms with van der Waals surface area (Å²) in [5, 5.41) is 4.03. The number of methoxy groups -OCH3 is 1. The van der Waals surface area contributed by atoms with E-state index in [0.29, 0.717) is 6.42 Å². The summed E-state index contributed by atoms with van der Waals surface area (Å²) in [4.78, 5) is 16.8. The molecule has 128 valence electrons. The van der Waals surface area contributed by atoms with E-state index in [9.17, 15) is 4.79 Å². The second-order valence-electron chi connectivity index (χ2n) is 6.07. The van der Waals surface area contributed by atoms with Crippen molar-refractivity contribution in [3.8, 4) is 5.75 Å². The van der Waals surface area contributed by atoms with E-state index in [0.717, 1.165) is 55.5 Å². The lowest BCUT2D eigenvalue weighted by Gasteiger charge is -2.34. The fraction of sp³-hybridized carbons (Fsp3) is 0.444. The first-order valence-corrected chi connectivity index (χ1v) is 8.20. The number of amides is 1. The first-order valence-electron chi connectivity index (χ1n) is 8.20. The van der Waals surface area contributed by atoms with Gasteiger partial charge in [0.05, 0.1) is 19.2 Å². The quantitative estimate of drug-likeness (QED) is 0.838. The fourth-order valence-electron chi connectivity index (χ4n) is 3.00. The number of para-hydroxylation sites is 1. The SMILES string of the molecule is COc1ccccc1CC(=O)N1CCN(Cc2cc(C)on2)CC1. The van der Waals surface area contributed by atoms with Gasteiger partial charge < -0.3 is 14.2 Å². The van der Waals surface area contributed by atoms with Gasteiger partial charge in [-0.3, -0.25) is 9.69 Å². The maximum atomic E-state index is 12.5. The van der Waals surface area contributed by atoms with E-state index in [1.807, 2.05) is 42.2 Å². The van der Waals surface area contributed by atoms with Crippen molar-refractivity contribution in [1.82, 2.24) is 15.0 Å². The lowest BCUT2D eigenvalue weighted by Crippen LogP contribution is -2.48. The molecule has 0 saturated carbocycles. The van der Waals surface area contributed by atoms with Gasteiger partial charge in [-0.25, -0.2) is 0 Å². The Kier molecular flexibility index (Phi) is 5.15. The Morgan fingerprint density at radius 3 is 2.67 bits per heavy atom. The van der Waals surface area contributed by atoms with Crippen molar-refractivity contribution in [2.24, 2.45) is 0 Å². The number of carbonyl (C=O) groups is 1. The molecule has 1 aromatic heterocycles. The summed E-state index contributed by atoms with van der Waals surface area (Å²) in [5.41, 5.74) is 1.88. The second kappa shape index (κ2) is 7.49. The van der Waals surface area contributed by atoms with Gasteiger partial charge in [0.2, 0.25) is 5.91 Å². The Balaban J connectivity index is 1.51. The fourth-order valence-corrected chi connectivity index (χ4v) is 3.00. The second-order valence-corrected chi connectivity index (χ2v) is 6.07. The van der Waals surface area contributed by atoms with E-state index in [1.54, 1.807) is 7.11 Å². The third-order valence-corrected chi connectivity index (χ3v) is 4.32. The van der Waals surface area contributed by atoms with Crippen molar-refractivity contribution in [2.75, 3.05) is 33.3 Å². The molecule has 3 rings (SSSR count). The van der Waals surface area contributed by atoms with Gasteiger partial charge in [0.15, 0.2) is 0 Å². The molecule has 1 fully saturated rings. The van der Waals surface area contributed by atoms with Crippen molar-refractivity contribution < 1.29 is 14.1 Å². The number of piperazine rings is 1. The van der Waals surface area contributed by atoms with E-state index < -0.39 is 0 Å². The predicted molar refractivity (Wildman–Crippen MR) is 89.8 cm³/mol. The largest absolute Gasteiger partial charge is 0.496 e. The van der Waals surface area contributed by atoms with Gasteiger partial charge in [0.25, 0.3) is 0 Å². The van der Waals surface area contributed by atoms with E-state index in [-0.39, 0.29) is 5.91 Å². The van der Waals surface area contributed by atoms with Crippen LogP contribution in [0.2, 0.25) is 0 Å². The summed E-state index contributed by atoms with van der Waals surface area (Å²) in [6, 6.07) is 9.64. The highest BCUT2D eigenvalue weighted by Crippen LogP contribution is 2.19. The molecular weight excluding hydrogens is 306 g/mol. The molecule has 0 N–H and O–H groups in total.